The van der Waals surface area contributed by atoms with E-state index in [0.29, 0.717) is 5.92 Å². The van der Waals surface area contributed by atoms with Gasteiger partial charge in [-0.05, 0) is 45.5 Å². The van der Waals surface area contributed by atoms with Crippen LogP contribution in [0.4, 0.5) is 0 Å². The van der Waals surface area contributed by atoms with Gasteiger partial charge in [-0.1, -0.05) is 29.8 Å². The van der Waals surface area contributed by atoms with Crippen LogP contribution in [0.25, 0.3) is 0 Å². The first-order valence-electron chi connectivity index (χ1n) is 6.60. The van der Waals surface area contributed by atoms with Gasteiger partial charge in [0.1, 0.15) is 0 Å². The first kappa shape index (κ1) is 12.6. The fraction of sp³-hybridized carbons (Fsp3) is 0.600. The van der Waals surface area contributed by atoms with Crippen molar-refractivity contribution in [1.82, 2.24) is 10.2 Å². The van der Waals surface area contributed by atoms with E-state index < -0.39 is 0 Å². The third kappa shape index (κ3) is 3.08. The monoisotopic (exact) mass is 232 g/mol. The minimum Gasteiger partial charge on any atom is -0.319 e. The van der Waals surface area contributed by atoms with Crippen LogP contribution in [0.2, 0.25) is 0 Å². The van der Waals surface area contributed by atoms with Crippen molar-refractivity contribution in [3.63, 3.8) is 0 Å². The van der Waals surface area contributed by atoms with Crippen molar-refractivity contribution in [2.24, 2.45) is 5.92 Å². The Hall–Kier alpha value is -0.860. The van der Waals surface area contributed by atoms with Crippen molar-refractivity contribution >= 4 is 0 Å². The molecule has 2 nitrogen and oxygen atoms in total. The van der Waals surface area contributed by atoms with Gasteiger partial charge < -0.3 is 10.2 Å². The standard InChI is InChI=1S/C15H24N2/c1-12-4-6-13(7-5-12)15(10-16-2)14-8-9-17(3)11-14/h4-7,14-16H,8-11H2,1-3H3. The highest BCUT2D eigenvalue weighted by molar-refractivity contribution is 5.25. The van der Waals surface area contributed by atoms with Gasteiger partial charge in [-0.2, -0.15) is 0 Å². The van der Waals surface area contributed by atoms with Crippen LogP contribution in [-0.2, 0) is 0 Å². The molecule has 2 rings (SSSR count). The molecule has 0 spiro atoms. The molecule has 0 aromatic heterocycles. The molecule has 1 saturated heterocycles. The first-order valence-corrected chi connectivity index (χ1v) is 6.60. The summed E-state index contributed by atoms with van der Waals surface area (Å²) in [6, 6.07) is 9.07. The molecule has 1 aromatic rings. The third-order valence-electron chi connectivity index (χ3n) is 3.93. The Morgan fingerprint density at radius 1 is 1.35 bits per heavy atom. The number of nitrogens with one attached hydrogen (secondary N) is 1. The maximum absolute atomic E-state index is 3.35. The van der Waals surface area contributed by atoms with Gasteiger partial charge in [0.2, 0.25) is 0 Å². The second-order valence-electron chi connectivity index (χ2n) is 5.39. The molecule has 0 radical (unpaired) electrons. The molecule has 0 amide bonds. The largest absolute Gasteiger partial charge is 0.319 e. The van der Waals surface area contributed by atoms with E-state index in [1.54, 1.807) is 0 Å². The van der Waals surface area contributed by atoms with Crippen LogP contribution in [0.3, 0.4) is 0 Å². The van der Waals surface area contributed by atoms with E-state index in [1.807, 2.05) is 0 Å². The molecule has 0 bridgehead atoms. The van der Waals surface area contributed by atoms with Crippen molar-refractivity contribution < 1.29 is 0 Å². The number of hydrogen-bond acceptors (Lipinski definition) is 2. The number of likely N-dealkylation sites (N-methyl/N-ethyl adjacent to an activating group) is 1. The molecule has 1 aliphatic rings. The number of nitrogens with zero attached hydrogens (tertiary/aromatic N) is 1. The highest BCUT2D eigenvalue weighted by atomic mass is 15.1. The van der Waals surface area contributed by atoms with Gasteiger partial charge in [-0.25, -0.2) is 0 Å². The van der Waals surface area contributed by atoms with E-state index in [1.165, 1.54) is 30.6 Å². The van der Waals surface area contributed by atoms with Gasteiger partial charge in [-0.15, -0.1) is 0 Å². The number of benzene rings is 1. The fourth-order valence-corrected chi connectivity index (χ4v) is 2.89. The van der Waals surface area contributed by atoms with E-state index in [4.69, 9.17) is 0 Å². The maximum atomic E-state index is 3.35. The van der Waals surface area contributed by atoms with Crippen LogP contribution >= 0.6 is 0 Å². The molecular formula is C15H24N2. The van der Waals surface area contributed by atoms with E-state index in [9.17, 15) is 0 Å². The lowest BCUT2D eigenvalue weighted by atomic mass is 9.85. The molecule has 1 N–H and O–H groups in total. The Kier molecular flexibility index (Phi) is 4.19. The maximum Gasteiger partial charge on any atom is 0.00203 e. The smallest absolute Gasteiger partial charge is 0.00203 e. The van der Waals surface area contributed by atoms with Crippen LogP contribution in [0.5, 0.6) is 0 Å². The summed E-state index contributed by atoms with van der Waals surface area (Å²) in [5.41, 5.74) is 2.84. The third-order valence-corrected chi connectivity index (χ3v) is 3.93. The summed E-state index contributed by atoms with van der Waals surface area (Å²) in [5, 5.41) is 3.35. The number of aryl methyl sites for hydroxylation is 1. The Bertz CT molecular complexity index is 344. The highest BCUT2D eigenvalue weighted by Crippen LogP contribution is 2.31. The summed E-state index contributed by atoms with van der Waals surface area (Å²) >= 11 is 0. The van der Waals surface area contributed by atoms with Crippen molar-refractivity contribution in [3.05, 3.63) is 35.4 Å². The SMILES string of the molecule is CNCC(c1ccc(C)cc1)C1CCN(C)C1. The molecule has 2 heteroatoms. The zero-order valence-electron chi connectivity index (χ0n) is 11.2. The Morgan fingerprint density at radius 2 is 2.06 bits per heavy atom. The quantitative estimate of drug-likeness (QED) is 0.856. The number of likely N-dealkylation sites (tertiary alicyclic amines) is 1. The van der Waals surface area contributed by atoms with E-state index >= 15 is 0 Å². The molecular weight excluding hydrogens is 208 g/mol. The fourth-order valence-electron chi connectivity index (χ4n) is 2.89. The van der Waals surface area contributed by atoms with Crippen molar-refractivity contribution in [1.29, 1.82) is 0 Å². The van der Waals surface area contributed by atoms with Gasteiger partial charge >= 0.3 is 0 Å². The molecule has 1 fully saturated rings. The molecule has 2 atom stereocenters. The topological polar surface area (TPSA) is 15.3 Å². The second kappa shape index (κ2) is 5.65. The summed E-state index contributed by atoms with van der Waals surface area (Å²) in [6.07, 6.45) is 1.33. The molecule has 94 valence electrons. The molecule has 0 aliphatic carbocycles. The molecule has 1 aromatic carbocycles. The van der Waals surface area contributed by atoms with E-state index in [-0.39, 0.29) is 0 Å². The summed E-state index contributed by atoms with van der Waals surface area (Å²) in [7, 11) is 4.28. The van der Waals surface area contributed by atoms with Crippen LogP contribution in [-0.4, -0.2) is 38.6 Å². The molecule has 2 unspecified atom stereocenters. The Labute approximate surface area is 105 Å². The second-order valence-corrected chi connectivity index (χ2v) is 5.39. The summed E-state index contributed by atoms with van der Waals surface area (Å²) in [6.45, 7) is 5.72. The first-order chi connectivity index (χ1) is 8.20. The zero-order chi connectivity index (χ0) is 12.3. The van der Waals surface area contributed by atoms with Gasteiger partial charge in [-0.3, -0.25) is 0 Å². The van der Waals surface area contributed by atoms with Gasteiger partial charge in [0, 0.05) is 19.0 Å². The highest BCUT2D eigenvalue weighted by Gasteiger charge is 2.28. The molecule has 1 heterocycles. The lowest BCUT2D eigenvalue weighted by Gasteiger charge is -2.24. The molecule has 17 heavy (non-hydrogen) atoms. The predicted octanol–water partition coefficient (Wildman–Crippen LogP) is 2.25. The van der Waals surface area contributed by atoms with Crippen molar-refractivity contribution in [3.8, 4) is 0 Å². The average molecular weight is 232 g/mol. The average Bonchev–Trinajstić information content (AvgIpc) is 2.74. The van der Waals surface area contributed by atoms with Crippen LogP contribution in [0.1, 0.15) is 23.5 Å². The van der Waals surface area contributed by atoms with Gasteiger partial charge in [0.15, 0.2) is 0 Å². The Morgan fingerprint density at radius 3 is 2.59 bits per heavy atom. The predicted molar refractivity (Wildman–Crippen MR) is 73.5 cm³/mol. The van der Waals surface area contributed by atoms with Crippen LogP contribution in [0.15, 0.2) is 24.3 Å². The van der Waals surface area contributed by atoms with Crippen molar-refractivity contribution in [2.45, 2.75) is 19.3 Å². The minimum absolute atomic E-state index is 0.658. The normalized spacial score (nSPS) is 22.9. The number of rotatable bonds is 4. The van der Waals surface area contributed by atoms with E-state index in [2.05, 4.69) is 55.5 Å². The minimum atomic E-state index is 0.658. The molecule has 1 aliphatic heterocycles. The number of hydrogen-bond donors (Lipinski definition) is 1. The molecule has 0 saturated carbocycles. The summed E-state index contributed by atoms with van der Waals surface area (Å²) < 4.78 is 0. The summed E-state index contributed by atoms with van der Waals surface area (Å²) in [4.78, 5) is 2.45. The van der Waals surface area contributed by atoms with E-state index in [0.717, 1.165) is 12.5 Å². The van der Waals surface area contributed by atoms with Gasteiger partial charge in [0.05, 0.1) is 0 Å². The lowest BCUT2D eigenvalue weighted by molar-refractivity contribution is 0.365. The lowest BCUT2D eigenvalue weighted by Crippen LogP contribution is -2.26. The summed E-state index contributed by atoms with van der Waals surface area (Å²) in [5.74, 6) is 1.46. The van der Waals surface area contributed by atoms with Crippen LogP contribution in [0, 0.1) is 12.8 Å². The Balaban J connectivity index is 2.13. The van der Waals surface area contributed by atoms with Crippen molar-refractivity contribution in [2.75, 3.05) is 33.7 Å². The van der Waals surface area contributed by atoms with Gasteiger partial charge in [0.25, 0.3) is 0 Å². The zero-order valence-corrected chi connectivity index (χ0v) is 11.2. The van der Waals surface area contributed by atoms with Crippen LogP contribution < -0.4 is 5.32 Å².